The number of carboxylic acids is 1. The number of benzene rings is 4. The van der Waals surface area contributed by atoms with Crippen LogP contribution < -0.4 is 10.1 Å². The van der Waals surface area contributed by atoms with Gasteiger partial charge in [-0.25, -0.2) is 4.79 Å². The first-order chi connectivity index (χ1) is 20.9. The molecule has 6 nitrogen and oxygen atoms in total. The third-order valence-corrected chi connectivity index (χ3v) is 7.78. The van der Waals surface area contributed by atoms with Crippen molar-refractivity contribution in [3.05, 3.63) is 131 Å². The number of hydrogen-bond acceptors (Lipinski definition) is 3. The third kappa shape index (κ3) is 5.81. The van der Waals surface area contributed by atoms with E-state index in [4.69, 9.17) is 4.74 Å². The number of aromatic carboxylic acids is 1. The van der Waals surface area contributed by atoms with Gasteiger partial charge in [0.15, 0.2) is 0 Å². The van der Waals surface area contributed by atoms with Crippen LogP contribution in [-0.2, 0) is 12.7 Å². The minimum atomic E-state index is -4.53. The van der Waals surface area contributed by atoms with E-state index in [0.29, 0.717) is 17.7 Å². The van der Waals surface area contributed by atoms with E-state index in [2.05, 4.69) is 16.5 Å². The van der Waals surface area contributed by atoms with E-state index in [9.17, 15) is 27.9 Å². The molecule has 9 heteroatoms. The average Bonchev–Trinajstić information content (AvgIpc) is 3.24. The minimum absolute atomic E-state index is 0.0525. The van der Waals surface area contributed by atoms with E-state index in [1.807, 2.05) is 50.2 Å². The smallest absolute Gasteiger partial charge is 0.416 e. The number of hydrogen-bond donors (Lipinski definition) is 2. The molecule has 224 valence electrons. The van der Waals surface area contributed by atoms with Crippen molar-refractivity contribution in [3.8, 4) is 16.9 Å². The molecule has 0 aliphatic rings. The highest BCUT2D eigenvalue weighted by atomic mass is 19.4. The van der Waals surface area contributed by atoms with Crippen LogP contribution in [0, 0.1) is 13.8 Å². The number of aromatic nitrogens is 1. The fourth-order valence-electron chi connectivity index (χ4n) is 5.28. The Balaban J connectivity index is 1.37. The molecule has 1 heterocycles. The number of ether oxygens (including phenoxy) is 1. The topological polar surface area (TPSA) is 80.6 Å². The second-order valence-corrected chi connectivity index (χ2v) is 10.4. The standard InChI is InChI=1S/C35H29F3N2O4/c1-20-22(3)40(19-23-9-11-24(12-10-23)28-7-5-6-8-29(28)34(42)43)31-16-13-25(17-30(20)31)33(41)39-21(2)27-15-14-26(35(36,37)38)18-32(27)44-4/h5-18H,2,19H2,1,3-4H3,(H,39,41)(H,42,43). The fourth-order valence-corrected chi connectivity index (χ4v) is 5.28. The van der Waals surface area contributed by atoms with E-state index in [0.717, 1.165) is 45.4 Å². The average molecular weight is 599 g/mol. The van der Waals surface area contributed by atoms with Crippen LogP contribution in [0.2, 0.25) is 0 Å². The van der Waals surface area contributed by atoms with E-state index in [1.165, 1.54) is 13.2 Å². The quantitative estimate of drug-likeness (QED) is 0.189. The molecule has 2 N–H and O–H groups in total. The lowest BCUT2D eigenvalue weighted by molar-refractivity contribution is -0.137. The van der Waals surface area contributed by atoms with Crippen LogP contribution >= 0.6 is 0 Å². The molecule has 5 rings (SSSR count). The number of halogens is 3. The zero-order valence-electron chi connectivity index (χ0n) is 24.3. The number of methoxy groups -OCH3 is 1. The van der Waals surface area contributed by atoms with Crippen molar-refractivity contribution < 1.29 is 32.6 Å². The van der Waals surface area contributed by atoms with Gasteiger partial charge in [0.05, 0.1) is 18.2 Å². The van der Waals surface area contributed by atoms with E-state index in [1.54, 1.807) is 30.3 Å². The molecule has 4 aromatic carbocycles. The van der Waals surface area contributed by atoms with Crippen molar-refractivity contribution in [1.82, 2.24) is 9.88 Å². The molecule has 0 saturated heterocycles. The lowest BCUT2D eigenvalue weighted by atomic mass is 9.99. The number of nitrogens with zero attached hydrogens (tertiary/aromatic N) is 1. The number of amides is 1. The summed E-state index contributed by atoms with van der Waals surface area (Å²) in [7, 11) is 1.25. The molecule has 0 atom stereocenters. The van der Waals surface area contributed by atoms with Crippen molar-refractivity contribution in [3.63, 3.8) is 0 Å². The predicted octanol–water partition coefficient (Wildman–Crippen LogP) is 8.10. The lowest BCUT2D eigenvalue weighted by Gasteiger charge is -2.15. The maximum atomic E-state index is 13.2. The van der Waals surface area contributed by atoms with Crippen molar-refractivity contribution in [2.24, 2.45) is 0 Å². The van der Waals surface area contributed by atoms with Crippen LogP contribution in [0.25, 0.3) is 27.7 Å². The van der Waals surface area contributed by atoms with Crippen LogP contribution in [0.3, 0.4) is 0 Å². The summed E-state index contributed by atoms with van der Waals surface area (Å²) in [6, 6.07) is 23.0. The van der Waals surface area contributed by atoms with E-state index >= 15 is 0 Å². The van der Waals surface area contributed by atoms with Gasteiger partial charge in [0, 0.05) is 40.0 Å². The third-order valence-electron chi connectivity index (χ3n) is 7.78. The van der Waals surface area contributed by atoms with E-state index in [-0.39, 0.29) is 22.6 Å². The van der Waals surface area contributed by atoms with Gasteiger partial charge in [-0.2, -0.15) is 13.2 Å². The SMILES string of the molecule is C=C(NC(=O)c1ccc2c(c1)c(C)c(C)n2Cc1ccc(-c2ccccc2C(=O)O)cc1)c1ccc(C(F)(F)F)cc1OC. The molecule has 0 unspecified atom stereocenters. The van der Waals surface area contributed by atoms with Crippen LogP contribution in [0.5, 0.6) is 5.75 Å². The summed E-state index contributed by atoms with van der Waals surface area (Å²) in [5, 5.41) is 13.1. The largest absolute Gasteiger partial charge is 0.496 e. The Morgan fingerprint density at radius 2 is 1.64 bits per heavy atom. The maximum Gasteiger partial charge on any atom is 0.416 e. The Morgan fingerprint density at radius 3 is 2.30 bits per heavy atom. The molecule has 1 aromatic heterocycles. The number of carboxylic acid groups (broad SMARTS) is 1. The van der Waals surface area contributed by atoms with Crippen molar-refractivity contribution in [2.75, 3.05) is 7.11 Å². The molecular formula is C35H29F3N2O4. The van der Waals surface area contributed by atoms with Crippen LogP contribution in [-0.4, -0.2) is 28.7 Å². The number of nitrogens with one attached hydrogen (secondary N) is 1. The zero-order chi connectivity index (χ0) is 31.8. The molecule has 0 spiro atoms. The van der Waals surface area contributed by atoms with Gasteiger partial charge in [-0.1, -0.05) is 49.0 Å². The molecule has 1 amide bonds. The van der Waals surface area contributed by atoms with Gasteiger partial charge in [0.1, 0.15) is 5.75 Å². The number of fused-ring (bicyclic) bond motifs is 1. The second-order valence-electron chi connectivity index (χ2n) is 10.4. The highest BCUT2D eigenvalue weighted by Gasteiger charge is 2.31. The Bertz CT molecular complexity index is 1920. The second kappa shape index (κ2) is 11.8. The number of carbonyl (C=O) groups is 2. The van der Waals surface area contributed by atoms with E-state index < -0.39 is 23.6 Å². The molecule has 5 aromatic rings. The fraction of sp³-hybridized carbons (Fsp3) is 0.143. The first kappa shape index (κ1) is 30.2. The van der Waals surface area contributed by atoms with Gasteiger partial charge < -0.3 is 19.7 Å². The number of carbonyl (C=O) groups excluding carboxylic acids is 1. The summed E-state index contributed by atoms with van der Waals surface area (Å²) in [5.74, 6) is -1.49. The first-order valence-corrected chi connectivity index (χ1v) is 13.7. The number of aryl methyl sites for hydroxylation is 1. The van der Waals surface area contributed by atoms with Crippen molar-refractivity contribution >= 4 is 28.5 Å². The molecular weight excluding hydrogens is 569 g/mol. The first-order valence-electron chi connectivity index (χ1n) is 13.7. The monoisotopic (exact) mass is 598 g/mol. The molecule has 0 aliphatic carbocycles. The molecule has 0 bridgehead atoms. The van der Waals surface area contributed by atoms with Gasteiger partial charge in [0.25, 0.3) is 5.91 Å². The molecule has 0 saturated carbocycles. The molecule has 0 aliphatic heterocycles. The normalized spacial score (nSPS) is 11.4. The summed E-state index contributed by atoms with van der Waals surface area (Å²) >= 11 is 0. The van der Waals surface area contributed by atoms with Crippen LogP contribution in [0.15, 0.2) is 91.5 Å². The van der Waals surface area contributed by atoms with Crippen molar-refractivity contribution in [2.45, 2.75) is 26.6 Å². The summed E-state index contributed by atoms with van der Waals surface area (Å²) in [6.45, 7) is 8.40. The van der Waals surface area contributed by atoms with Gasteiger partial charge in [-0.15, -0.1) is 0 Å². The van der Waals surface area contributed by atoms with Gasteiger partial charge in [-0.05, 0) is 78.6 Å². The summed E-state index contributed by atoms with van der Waals surface area (Å²) < 4.78 is 46.7. The lowest BCUT2D eigenvalue weighted by Crippen LogP contribution is -2.21. The summed E-state index contributed by atoms with van der Waals surface area (Å²) in [5.41, 5.74) is 5.53. The van der Waals surface area contributed by atoms with Gasteiger partial charge in [-0.3, -0.25) is 4.79 Å². The van der Waals surface area contributed by atoms with Gasteiger partial charge in [0.2, 0.25) is 0 Å². The Hall–Kier alpha value is -5.31. The Kier molecular flexibility index (Phi) is 8.06. The number of alkyl halides is 3. The van der Waals surface area contributed by atoms with Gasteiger partial charge >= 0.3 is 12.1 Å². The summed E-state index contributed by atoms with van der Waals surface area (Å²) in [6.07, 6.45) is -4.53. The Labute approximate surface area is 252 Å². The highest BCUT2D eigenvalue weighted by molar-refractivity contribution is 6.03. The molecule has 0 fully saturated rings. The maximum absolute atomic E-state index is 13.2. The molecule has 0 radical (unpaired) electrons. The number of rotatable bonds is 8. The Morgan fingerprint density at radius 1 is 0.932 bits per heavy atom. The van der Waals surface area contributed by atoms with Crippen molar-refractivity contribution in [1.29, 1.82) is 0 Å². The summed E-state index contributed by atoms with van der Waals surface area (Å²) in [4.78, 5) is 24.8. The zero-order valence-corrected chi connectivity index (χ0v) is 24.3. The predicted molar refractivity (Wildman–Crippen MR) is 164 cm³/mol. The van der Waals surface area contributed by atoms with Crippen LogP contribution in [0.4, 0.5) is 13.2 Å². The molecule has 44 heavy (non-hydrogen) atoms. The minimum Gasteiger partial charge on any atom is -0.496 e. The van der Waals surface area contributed by atoms with Crippen LogP contribution in [0.1, 0.15) is 48.7 Å². The highest BCUT2D eigenvalue weighted by Crippen LogP contribution is 2.35.